The molecule has 0 aliphatic carbocycles. The van der Waals surface area contributed by atoms with Gasteiger partial charge in [0.05, 0.1) is 17.0 Å². The monoisotopic (exact) mass is 382 g/mol. The largest absolute Gasteiger partial charge is 0.352 e. The van der Waals surface area contributed by atoms with Gasteiger partial charge in [-0.1, -0.05) is 35.3 Å². The normalized spacial score (nSPS) is 10.7. The SMILES string of the molecule is O=C(Cc1csc(-c2cccs2)n1)NCc1ccc(Cl)cc1Cl. The van der Waals surface area contributed by atoms with Crippen molar-refractivity contribution in [1.82, 2.24) is 10.3 Å². The van der Waals surface area contributed by atoms with Crippen LogP contribution in [0.15, 0.2) is 41.1 Å². The van der Waals surface area contributed by atoms with E-state index in [9.17, 15) is 4.79 Å². The summed E-state index contributed by atoms with van der Waals surface area (Å²) in [6.45, 7) is 0.372. The molecule has 3 aromatic rings. The third kappa shape index (κ3) is 4.32. The zero-order valence-electron chi connectivity index (χ0n) is 11.9. The number of hydrogen-bond donors (Lipinski definition) is 1. The second kappa shape index (κ2) is 7.45. The van der Waals surface area contributed by atoms with Crippen LogP contribution in [-0.2, 0) is 17.8 Å². The molecule has 0 fully saturated rings. The molecule has 0 aliphatic heterocycles. The summed E-state index contributed by atoms with van der Waals surface area (Å²) in [4.78, 5) is 17.7. The first kappa shape index (κ1) is 16.5. The van der Waals surface area contributed by atoms with E-state index in [1.807, 2.05) is 29.0 Å². The lowest BCUT2D eigenvalue weighted by Crippen LogP contribution is -2.24. The van der Waals surface area contributed by atoms with Crippen LogP contribution in [0.1, 0.15) is 11.3 Å². The van der Waals surface area contributed by atoms with Crippen LogP contribution in [0, 0.1) is 0 Å². The second-order valence-electron chi connectivity index (χ2n) is 4.81. The fourth-order valence-corrected chi connectivity index (χ4v) is 4.10. The van der Waals surface area contributed by atoms with E-state index in [1.165, 1.54) is 0 Å². The van der Waals surface area contributed by atoms with Crippen molar-refractivity contribution in [3.8, 4) is 9.88 Å². The van der Waals surface area contributed by atoms with Gasteiger partial charge in [-0.3, -0.25) is 4.79 Å². The number of benzene rings is 1. The van der Waals surface area contributed by atoms with Crippen LogP contribution in [0.5, 0.6) is 0 Å². The standard InChI is InChI=1S/C16H12Cl2N2OS2/c17-11-4-3-10(13(18)6-11)8-19-15(21)7-12-9-23-16(20-12)14-2-1-5-22-14/h1-6,9H,7-8H2,(H,19,21). The Hall–Kier alpha value is -1.40. The van der Waals surface area contributed by atoms with Crippen molar-refractivity contribution in [2.24, 2.45) is 0 Å². The fraction of sp³-hybridized carbons (Fsp3) is 0.125. The molecule has 0 bridgehead atoms. The highest BCUT2D eigenvalue weighted by molar-refractivity contribution is 7.20. The third-order valence-corrected chi connectivity index (χ3v) is 5.63. The van der Waals surface area contributed by atoms with E-state index in [-0.39, 0.29) is 12.3 Å². The smallest absolute Gasteiger partial charge is 0.226 e. The number of rotatable bonds is 5. The molecule has 0 aliphatic rings. The number of nitrogens with zero attached hydrogens (tertiary/aromatic N) is 1. The Bertz CT molecular complexity index is 815. The molecule has 3 rings (SSSR count). The van der Waals surface area contributed by atoms with E-state index >= 15 is 0 Å². The first-order valence-corrected chi connectivity index (χ1v) is 9.32. The number of carbonyl (C=O) groups excluding carboxylic acids is 1. The van der Waals surface area contributed by atoms with Crippen molar-refractivity contribution in [2.45, 2.75) is 13.0 Å². The summed E-state index contributed by atoms with van der Waals surface area (Å²) in [5, 5.41) is 8.86. The molecule has 2 heterocycles. The zero-order valence-corrected chi connectivity index (χ0v) is 15.0. The van der Waals surface area contributed by atoms with Crippen molar-refractivity contribution in [3.05, 3.63) is 62.4 Å². The minimum atomic E-state index is -0.0842. The zero-order chi connectivity index (χ0) is 16.2. The summed E-state index contributed by atoms with van der Waals surface area (Å²) >= 11 is 15.1. The minimum Gasteiger partial charge on any atom is -0.352 e. The number of amides is 1. The van der Waals surface area contributed by atoms with Gasteiger partial charge in [0.15, 0.2) is 0 Å². The van der Waals surface area contributed by atoms with Crippen LogP contribution in [0.2, 0.25) is 10.0 Å². The predicted molar refractivity (Wildman–Crippen MR) is 97.4 cm³/mol. The molecule has 3 nitrogen and oxygen atoms in total. The van der Waals surface area contributed by atoms with Crippen LogP contribution in [0.4, 0.5) is 0 Å². The molecule has 0 atom stereocenters. The fourth-order valence-electron chi connectivity index (χ4n) is 1.99. The summed E-state index contributed by atoms with van der Waals surface area (Å²) in [6, 6.07) is 9.24. The minimum absolute atomic E-state index is 0.0842. The highest BCUT2D eigenvalue weighted by Crippen LogP contribution is 2.28. The lowest BCUT2D eigenvalue weighted by atomic mass is 10.2. The van der Waals surface area contributed by atoms with Gasteiger partial charge in [0.2, 0.25) is 5.91 Å². The van der Waals surface area contributed by atoms with E-state index in [0.29, 0.717) is 16.6 Å². The molecule has 1 aromatic carbocycles. The molecule has 1 amide bonds. The van der Waals surface area contributed by atoms with Gasteiger partial charge in [-0.2, -0.15) is 0 Å². The lowest BCUT2D eigenvalue weighted by Gasteiger charge is -2.06. The van der Waals surface area contributed by atoms with E-state index < -0.39 is 0 Å². The highest BCUT2D eigenvalue weighted by atomic mass is 35.5. The predicted octanol–water partition coefficient (Wildman–Crippen LogP) is 5.04. The number of thiophene rings is 1. The number of hydrogen-bond acceptors (Lipinski definition) is 4. The van der Waals surface area contributed by atoms with Gasteiger partial charge in [-0.15, -0.1) is 22.7 Å². The van der Waals surface area contributed by atoms with Crippen LogP contribution in [-0.4, -0.2) is 10.9 Å². The molecule has 0 saturated heterocycles. The van der Waals surface area contributed by atoms with Crippen molar-refractivity contribution in [3.63, 3.8) is 0 Å². The quantitative estimate of drug-likeness (QED) is 0.671. The van der Waals surface area contributed by atoms with Crippen LogP contribution in [0.25, 0.3) is 9.88 Å². The van der Waals surface area contributed by atoms with Gasteiger partial charge >= 0.3 is 0 Å². The number of thiazole rings is 1. The Morgan fingerprint density at radius 1 is 1.22 bits per heavy atom. The Kier molecular flexibility index (Phi) is 5.33. The Morgan fingerprint density at radius 2 is 2.09 bits per heavy atom. The number of halogens is 2. The van der Waals surface area contributed by atoms with E-state index in [4.69, 9.17) is 23.2 Å². The molecule has 1 N–H and O–H groups in total. The average Bonchev–Trinajstić information content (AvgIpc) is 3.17. The summed E-state index contributed by atoms with van der Waals surface area (Å²) in [6.07, 6.45) is 0.257. The van der Waals surface area contributed by atoms with E-state index in [2.05, 4.69) is 10.3 Å². The summed E-state index contributed by atoms with van der Waals surface area (Å²) < 4.78 is 0. The Balaban J connectivity index is 1.57. The number of aromatic nitrogens is 1. The van der Waals surface area contributed by atoms with E-state index in [1.54, 1.807) is 34.8 Å². The van der Waals surface area contributed by atoms with Crippen LogP contribution >= 0.6 is 45.9 Å². The van der Waals surface area contributed by atoms with Gasteiger partial charge in [-0.05, 0) is 29.1 Å². The molecule has 23 heavy (non-hydrogen) atoms. The van der Waals surface area contributed by atoms with Gasteiger partial charge in [0.25, 0.3) is 0 Å². The first-order valence-electron chi connectivity index (χ1n) is 6.81. The molecule has 0 unspecified atom stereocenters. The summed E-state index contributed by atoms with van der Waals surface area (Å²) in [7, 11) is 0. The summed E-state index contributed by atoms with van der Waals surface area (Å²) in [5.74, 6) is -0.0842. The molecule has 2 aromatic heterocycles. The molecule has 0 saturated carbocycles. The molecular weight excluding hydrogens is 371 g/mol. The van der Waals surface area contributed by atoms with Crippen molar-refractivity contribution < 1.29 is 4.79 Å². The number of carbonyl (C=O) groups is 1. The van der Waals surface area contributed by atoms with Gasteiger partial charge in [0.1, 0.15) is 5.01 Å². The van der Waals surface area contributed by atoms with Crippen molar-refractivity contribution in [2.75, 3.05) is 0 Å². The molecule has 0 spiro atoms. The highest BCUT2D eigenvalue weighted by Gasteiger charge is 2.10. The maximum Gasteiger partial charge on any atom is 0.226 e. The van der Waals surface area contributed by atoms with Crippen LogP contribution in [0.3, 0.4) is 0 Å². The lowest BCUT2D eigenvalue weighted by molar-refractivity contribution is -0.120. The maximum atomic E-state index is 12.0. The first-order chi connectivity index (χ1) is 11.1. The second-order valence-corrected chi connectivity index (χ2v) is 7.46. The van der Waals surface area contributed by atoms with Crippen molar-refractivity contribution in [1.29, 1.82) is 0 Å². The van der Waals surface area contributed by atoms with Crippen LogP contribution < -0.4 is 5.32 Å². The van der Waals surface area contributed by atoms with E-state index in [0.717, 1.165) is 21.1 Å². The number of nitrogens with one attached hydrogen (secondary N) is 1. The molecule has 118 valence electrons. The Morgan fingerprint density at radius 3 is 2.83 bits per heavy atom. The van der Waals surface area contributed by atoms with Crippen molar-refractivity contribution >= 4 is 51.8 Å². The van der Waals surface area contributed by atoms with Gasteiger partial charge < -0.3 is 5.32 Å². The topological polar surface area (TPSA) is 42.0 Å². The third-order valence-electron chi connectivity index (χ3n) is 3.12. The molecule has 0 radical (unpaired) electrons. The molecular formula is C16H12Cl2N2OS2. The van der Waals surface area contributed by atoms with Gasteiger partial charge in [-0.25, -0.2) is 4.98 Å². The van der Waals surface area contributed by atoms with Gasteiger partial charge in [0, 0.05) is 22.0 Å². The summed E-state index contributed by atoms with van der Waals surface area (Å²) in [5.41, 5.74) is 1.61. The average molecular weight is 383 g/mol. The maximum absolute atomic E-state index is 12.0. The Labute approximate surface area is 151 Å². The molecule has 7 heteroatoms.